The van der Waals surface area contributed by atoms with E-state index in [2.05, 4.69) is 10.1 Å². The molecule has 1 aromatic carbocycles. The Bertz CT molecular complexity index is 625. The number of esters is 1. The highest BCUT2D eigenvalue weighted by atomic mass is 32.1. The molecule has 21 heavy (non-hydrogen) atoms. The smallest absolute Gasteiger partial charge is 0.350 e. The molecule has 112 valence electrons. The summed E-state index contributed by atoms with van der Waals surface area (Å²) in [5.74, 6) is 0.468. The zero-order valence-corrected chi connectivity index (χ0v) is 12.8. The van der Waals surface area contributed by atoms with Gasteiger partial charge in [0.15, 0.2) is 0 Å². The number of para-hydroxylation sites is 1. The third kappa shape index (κ3) is 3.66. The Morgan fingerprint density at radius 3 is 2.81 bits per heavy atom. The molecule has 2 aromatic rings. The van der Waals surface area contributed by atoms with Crippen LogP contribution < -0.4 is 15.8 Å². The number of ether oxygens (including phenoxy) is 2. The molecular formula is C15H18N2O3S. The first-order valence-corrected chi connectivity index (χ1v) is 7.30. The highest BCUT2D eigenvalue weighted by Gasteiger charge is 2.14. The zero-order chi connectivity index (χ0) is 15.2. The Kier molecular flexibility index (Phi) is 5.05. The number of carbonyl (C=O) groups is 1. The minimum Gasteiger partial charge on any atom is -0.496 e. The molecule has 0 saturated carbocycles. The summed E-state index contributed by atoms with van der Waals surface area (Å²) in [6, 6.07) is 9.64. The van der Waals surface area contributed by atoms with E-state index in [0.29, 0.717) is 10.6 Å². The SMILES string of the molecule is COC(=O)c1sc(NCCc2ccccc2OC)cc1N. The maximum absolute atomic E-state index is 11.5. The van der Waals surface area contributed by atoms with Crippen LogP contribution in [0.1, 0.15) is 15.2 Å². The maximum Gasteiger partial charge on any atom is 0.350 e. The Hall–Kier alpha value is -2.21. The number of thiophene rings is 1. The van der Waals surface area contributed by atoms with Crippen LogP contribution in [0.15, 0.2) is 30.3 Å². The highest BCUT2D eigenvalue weighted by molar-refractivity contribution is 7.18. The minimum atomic E-state index is -0.407. The van der Waals surface area contributed by atoms with Gasteiger partial charge >= 0.3 is 5.97 Å². The lowest BCUT2D eigenvalue weighted by Gasteiger charge is -2.08. The number of nitrogens with two attached hydrogens (primary N) is 1. The molecule has 2 rings (SSSR count). The summed E-state index contributed by atoms with van der Waals surface area (Å²) in [6.45, 7) is 0.723. The normalized spacial score (nSPS) is 10.2. The van der Waals surface area contributed by atoms with E-state index in [1.807, 2.05) is 24.3 Å². The zero-order valence-electron chi connectivity index (χ0n) is 12.0. The van der Waals surface area contributed by atoms with Crippen molar-refractivity contribution < 1.29 is 14.3 Å². The summed E-state index contributed by atoms with van der Waals surface area (Å²) in [4.78, 5) is 11.9. The summed E-state index contributed by atoms with van der Waals surface area (Å²) >= 11 is 1.30. The first kappa shape index (κ1) is 15.2. The predicted octanol–water partition coefficient (Wildman–Crippen LogP) is 2.78. The van der Waals surface area contributed by atoms with Crippen molar-refractivity contribution in [1.29, 1.82) is 0 Å². The Morgan fingerprint density at radius 1 is 1.33 bits per heavy atom. The molecule has 0 radical (unpaired) electrons. The van der Waals surface area contributed by atoms with Crippen molar-refractivity contribution in [3.05, 3.63) is 40.8 Å². The molecule has 0 amide bonds. The number of hydrogen-bond acceptors (Lipinski definition) is 6. The van der Waals surface area contributed by atoms with Crippen LogP contribution in [0.5, 0.6) is 5.75 Å². The van der Waals surface area contributed by atoms with Crippen LogP contribution in [0.4, 0.5) is 10.7 Å². The van der Waals surface area contributed by atoms with Gasteiger partial charge in [0.25, 0.3) is 0 Å². The van der Waals surface area contributed by atoms with Gasteiger partial charge in [-0.25, -0.2) is 4.79 Å². The van der Waals surface area contributed by atoms with E-state index in [-0.39, 0.29) is 0 Å². The van der Waals surface area contributed by atoms with Crippen LogP contribution in [0.25, 0.3) is 0 Å². The van der Waals surface area contributed by atoms with Crippen molar-refractivity contribution in [3.8, 4) is 5.75 Å². The van der Waals surface area contributed by atoms with Gasteiger partial charge in [-0.05, 0) is 24.1 Å². The Morgan fingerprint density at radius 2 is 2.10 bits per heavy atom. The van der Waals surface area contributed by atoms with E-state index in [9.17, 15) is 4.79 Å². The number of rotatable bonds is 6. The van der Waals surface area contributed by atoms with Gasteiger partial charge in [0.1, 0.15) is 10.6 Å². The quantitative estimate of drug-likeness (QED) is 0.803. The highest BCUT2D eigenvalue weighted by Crippen LogP contribution is 2.29. The summed E-state index contributed by atoms with van der Waals surface area (Å²) in [5.41, 5.74) is 7.36. The lowest BCUT2D eigenvalue weighted by atomic mass is 10.1. The van der Waals surface area contributed by atoms with Crippen molar-refractivity contribution >= 4 is 28.0 Å². The van der Waals surface area contributed by atoms with Crippen LogP contribution in [0.2, 0.25) is 0 Å². The second kappa shape index (κ2) is 6.99. The second-order valence-electron chi connectivity index (χ2n) is 4.38. The molecule has 6 heteroatoms. The number of benzene rings is 1. The molecule has 5 nitrogen and oxygen atoms in total. The average Bonchev–Trinajstić information content (AvgIpc) is 2.88. The molecule has 0 aliphatic carbocycles. The van der Waals surface area contributed by atoms with Gasteiger partial charge < -0.3 is 20.5 Å². The summed E-state index contributed by atoms with van der Waals surface area (Å²) in [6.07, 6.45) is 0.815. The van der Waals surface area contributed by atoms with Crippen LogP contribution in [-0.2, 0) is 11.2 Å². The van der Waals surface area contributed by atoms with Crippen LogP contribution in [0, 0.1) is 0 Å². The second-order valence-corrected chi connectivity index (χ2v) is 5.43. The third-order valence-corrected chi connectivity index (χ3v) is 4.11. The molecule has 1 heterocycles. The number of carbonyl (C=O) groups excluding carboxylic acids is 1. The molecule has 0 bridgehead atoms. The third-order valence-electron chi connectivity index (χ3n) is 3.02. The minimum absolute atomic E-state index is 0.407. The first-order chi connectivity index (χ1) is 10.2. The first-order valence-electron chi connectivity index (χ1n) is 6.49. The van der Waals surface area contributed by atoms with E-state index in [1.165, 1.54) is 18.4 Å². The molecule has 0 fully saturated rings. The molecule has 0 unspecified atom stereocenters. The van der Waals surface area contributed by atoms with Crippen LogP contribution in [-0.4, -0.2) is 26.7 Å². The molecule has 1 aromatic heterocycles. The lowest BCUT2D eigenvalue weighted by molar-refractivity contribution is 0.0607. The Labute approximate surface area is 127 Å². The van der Waals surface area contributed by atoms with Crippen molar-refractivity contribution in [2.45, 2.75) is 6.42 Å². The van der Waals surface area contributed by atoms with Crippen LogP contribution in [0.3, 0.4) is 0 Å². The van der Waals surface area contributed by atoms with Gasteiger partial charge in [-0.2, -0.15) is 0 Å². The number of nitrogens with one attached hydrogen (secondary N) is 1. The average molecular weight is 306 g/mol. The summed E-state index contributed by atoms with van der Waals surface area (Å²) in [5, 5.41) is 4.11. The summed E-state index contributed by atoms with van der Waals surface area (Å²) in [7, 11) is 3.01. The fourth-order valence-corrected chi connectivity index (χ4v) is 2.90. The Balaban J connectivity index is 1.96. The molecule has 0 aliphatic rings. The molecule has 0 spiro atoms. The van der Waals surface area contributed by atoms with Gasteiger partial charge in [0.2, 0.25) is 0 Å². The number of anilines is 2. The van der Waals surface area contributed by atoms with Crippen molar-refractivity contribution in [1.82, 2.24) is 0 Å². The van der Waals surface area contributed by atoms with Crippen molar-refractivity contribution in [2.24, 2.45) is 0 Å². The van der Waals surface area contributed by atoms with Gasteiger partial charge in [0.05, 0.1) is 24.9 Å². The fraction of sp³-hybridized carbons (Fsp3) is 0.267. The molecular weight excluding hydrogens is 288 g/mol. The van der Waals surface area contributed by atoms with Gasteiger partial charge in [0, 0.05) is 6.54 Å². The maximum atomic E-state index is 11.5. The van der Waals surface area contributed by atoms with Gasteiger partial charge in [-0.1, -0.05) is 18.2 Å². The van der Waals surface area contributed by atoms with Crippen molar-refractivity contribution in [2.75, 3.05) is 31.8 Å². The van der Waals surface area contributed by atoms with Crippen molar-refractivity contribution in [3.63, 3.8) is 0 Å². The molecule has 0 atom stereocenters. The molecule has 0 saturated heterocycles. The number of methoxy groups -OCH3 is 2. The largest absolute Gasteiger partial charge is 0.496 e. The molecule has 3 N–H and O–H groups in total. The summed E-state index contributed by atoms with van der Waals surface area (Å²) < 4.78 is 9.99. The standard InChI is InChI=1S/C15H18N2O3S/c1-19-12-6-4-3-5-10(12)7-8-17-13-9-11(16)14(21-13)15(18)20-2/h3-6,9,17H,7-8,16H2,1-2H3. The van der Waals surface area contributed by atoms with Gasteiger partial charge in [-0.3, -0.25) is 0 Å². The van der Waals surface area contributed by atoms with E-state index in [4.69, 9.17) is 10.5 Å². The number of hydrogen-bond donors (Lipinski definition) is 2. The van der Waals surface area contributed by atoms with Crippen LogP contribution >= 0.6 is 11.3 Å². The van der Waals surface area contributed by atoms with Gasteiger partial charge in [-0.15, -0.1) is 11.3 Å². The lowest BCUT2D eigenvalue weighted by Crippen LogP contribution is -2.04. The monoisotopic (exact) mass is 306 g/mol. The predicted molar refractivity (Wildman–Crippen MR) is 85.3 cm³/mol. The van der Waals surface area contributed by atoms with E-state index >= 15 is 0 Å². The number of nitrogen functional groups attached to an aromatic ring is 1. The van der Waals surface area contributed by atoms with E-state index in [1.54, 1.807) is 13.2 Å². The van der Waals surface area contributed by atoms with E-state index < -0.39 is 5.97 Å². The topological polar surface area (TPSA) is 73.6 Å². The fourth-order valence-electron chi connectivity index (χ4n) is 1.97. The molecule has 0 aliphatic heterocycles. The van der Waals surface area contributed by atoms with E-state index in [0.717, 1.165) is 29.3 Å².